The summed E-state index contributed by atoms with van der Waals surface area (Å²) >= 11 is 0. The second-order valence-electron chi connectivity index (χ2n) is 5.78. The average molecular weight is 386 g/mol. The highest BCUT2D eigenvalue weighted by Gasteiger charge is 2.37. The Balaban J connectivity index is 2.30. The lowest BCUT2D eigenvalue weighted by atomic mass is 10.0. The van der Waals surface area contributed by atoms with E-state index in [0.717, 1.165) is 12.5 Å². The Labute approximate surface area is 144 Å². The Bertz CT molecular complexity index is 1080. The van der Waals surface area contributed by atoms with Crippen LogP contribution in [0.4, 0.5) is 10.3 Å². The minimum atomic E-state index is -3.85. The second kappa shape index (κ2) is 5.67. The molecule has 1 aliphatic rings. The van der Waals surface area contributed by atoms with Crippen molar-refractivity contribution in [2.75, 3.05) is 17.8 Å². The molecule has 1 aliphatic heterocycles. The number of halogens is 1. The molecule has 0 fully saturated rings. The van der Waals surface area contributed by atoms with Crippen molar-refractivity contribution < 1.29 is 25.6 Å². The molecule has 1 aromatic carbocycles. The number of nitrogens with zero attached hydrogens (tertiary/aromatic N) is 1. The molecule has 0 saturated heterocycles. The van der Waals surface area contributed by atoms with Crippen molar-refractivity contribution in [3.8, 4) is 11.1 Å². The first-order chi connectivity index (χ1) is 11.5. The van der Waals surface area contributed by atoms with Gasteiger partial charge in [0.2, 0.25) is 11.4 Å². The summed E-state index contributed by atoms with van der Waals surface area (Å²) in [5, 5.41) is 2.22. The van der Waals surface area contributed by atoms with Crippen LogP contribution >= 0.6 is 0 Å². The number of anilines is 1. The van der Waals surface area contributed by atoms with E-state index in [-0.39, 0.29) is 16.5 Å². The predicted molar refractivity (Wildman–Crippen MR) is 92.5 cm³/mol. The van der Waals surface area contributed by atoms with Gasteiger partial charge in [-0.2, -0.15) is 0 Å². The smallest absolute Gasteiger partial charge is 0.225 e. The van der Waals surface area contributed by atoms with Gasteiger partial charge in [0.05, 0.1) is 5.56 Å². The highest BCUT2D eigenvalue weighted by Crippen LogP contribution is 2.39. The number of benzene rings is 1. The minimum absolute atomic E-state index is 0.00248. The van der Waals surface area contributed by atoms with Crippen LogP contribution in [-0.2, 0) is 19.7 Å². The lowest BCUT2D eigenvalue weighted by Crippen LogP contribution is -2.34. The topological polar surface area (TPSA) is 106 Å². The summed E-state index contributed by atoms with van der Waals surface area (Å²) in [7, 11) is -7.55. The molecule has 0 amide bonds. The van der Waals surface area contributed by atoms with Gasteiger partial charge in [-0.1, -0.05) is 12.1 Å². The van der Waals surface area contributed by atoms with Crippen molar-refractivity contribution in [1.29, 1.82) is 0 Å². The van der Waals surface area contributed by atoms with Gasteiger partial charge in [-0.05, 0) is 24.6 Å². The number of sulfone groups is 2. The molecule has 10 heteroatoms. The normalized spacial score (nSPS) is 17.6. The summed E-state index contributed by atoms with van der Waals surface area (Å²) in [5.41, 5.74) is -0.374. The molecule has 2 heterocycles. The molecule has 7 nitrogen and oxygen atoms in total. The number of aryl methyl sites for hydroxylation is 1. The third-order valence-corrected chi connectivity index (χ3v) is 5.72. The Morgan fingerprint density at radius 3 is 2.20 bits per heavy atom. The van der Waals surface area contributed by atoms with Gasteiger partial charge < -0.3 is 9.73 Å². The number of aliphatic imine (C=N–C) groups is 1. The molecule has 0 bridgehead atoms. The van der Waals surface area contributed by atoms with Crippen LogP contribution in [0, 0.1) is 12.7 Å². The number of nitrogens with one attached hydrogen (secondary N) is 1. The predicted octanol–water partition coefficient (Wildman–Crippen LogP) is 1.94. The van der Waals surface area contributed by atoms with Gasteiger partial charge in [0.15, 0.2) is 24.7 Å². The second-order valence-corrected chi connectivity index (χ2v) is 9.81. The summed E-state index contributed by atoms with van der Waals surface area (Å²) in [5.74, 6) is -0.0803. The zero-order valence-corrected chi connectivity index (χ0v) is 15.2. The molecule has 0 saturated carbocycles. The fourth-order valence-corrected chi connectivity index (χ4v) is 4.16. The van der Waals surface area contributed by atoms with Gasteiger partial charge in [-0.25, -0.2) is 26.2 Å². The molecule has 25 heavy (non-hydrogen) atoms. The lowest BCUT2D eigenvalue weighted by Gasteiger charge is -2.20. The maximum atomic E-state index is 13.2. The molecular formula is C15H15FN2O5S2. The van der Waals surface area contributed by atoms with Crippen molar-refractivity contribution in [3.05, 3.63) is 41.4 Å². The Hall–Kier alpha value is -2.20. The maximum Gasteiger partial charge on any atom is 0.225 e. The van der Waals surface area contributed by atoms with Crippen LogP contribution in [0.1, 0.15) is 11.3 Å². The van der Waals surface area contributed by atoms with Crippen molar-refractivity contribution in [3.63, 3.8) is 0 Å². The molecule has 2 aromatic rings. The van der Waals surface area contributed by atoms with Crippen LogP contribution in [0.3, 0.4) is 0 Å². The largest absolute Gasteiger partial charge is 0.445 e. The molecule has 0 spiro atoms. The van der Waals surface area contributed by atoms with Crippen LogP contribution in [-0.4, -0.2) is 39.9 Å². The van der Waals surface area contributed by atoms with Crippen molar-refractivity contribution >= 4 is 30.6 Å². The van der Waals surface area contributed by atoms with E-state index < -0.39 is 31.0 Å². The molecule has 134 valence electrons. The minimum Gasteiger partial charge on any atom is -0.445 e. The molecule has 0 radical (unpaired) electrons. The standard InChI is InChI=1S/C15H15FN2O5S2/c1-8-11(9-4-6-10(16)7-5-9)12-13(23-8)17-15(25(3,21)22)18-14(12)24(2,19)20/h4-7,15,17H,1-3H3. The SMILES string of the molecule is Cc1oc2c(c1-c1ccc(F)cc1)C(S(C)(=O)=O)=NC(S(C)(=O)=O)N2. The number of hydrogen-bond donors (Lipinski definition) is 1. The summed E-state index contributed by atoms with van der Waals surface area (Å²) in [6, 6.07) is 5.44. The van der Waals surface area contributed by atoms with E-state index in [1.807, 2.05) is 0 Å². The van der Waals surface area contributed by atoms with Crippen molar-refractivity contribution in [2.24, 2.45) is 4.99 Å². The fraction of sp³-hybridized carbons (Fsp3) is 0.267. The van der Waals surface area contributed by atoms with Crippen LogP contribution in [0.2, 0.25) is 0 Å². The van der Waals surface area contributed by atoms with E-state index in [4.69, 9.17) is 4.42 Å². The number of rotatable bonds is 2. The summed E-state index contributed by atoms with van der Waals surface area (Å²) < 4.78 is 66.8. The van der Waals surface area contributed by atoms with Crippen molar-refractivity contribution in [1.82, 2.24) is 0 Å². The first-order valence-corrected chi connectivity index (χ1v) is 11.0. The lowest BCUT2D eigenvalue weighted by molar-refractivity contribution is 0.539. The first kappa shape index (κ1) is 17.6. The zero-order chi connectivity index (χ0) is 18.6. The van der Waals surface area contributed by atoms with E-state index in [0.29, 0.717) is 16.9 Å². The molecule has 3 rings (SSSR count). The van der Waals surface area contributed by atoms with E-state index in [1.165, 1.54) is 24.3 Å². The number of hydrogen-bond acceptors (Lipinski definition) is 7. The number of furan rings is 1. The molecule has 1 unspecified atom stereocenters. The van der Waals surface area contributed by atoms with Crippen LogP contribution in [0.25, 0.3) is 11.1 Å². The maximum absolute atomic E-state index is 13.2. The fourth-order valence-electron chi connectivity index (χ4n) is 2.61. The molecular weight excluding hydrogens is 371 g/mol. The van der Waals surface area contributed by atoms with Gasteiger partial charge in [0, 0.05) is 18.1 Å². The molecule has 1 aromatic heterocycles. The summed E-state index contributed by atoms with van der Waals surface area (Å²) in [6.45, 7) is 1.61. The molecule has 1 N–H and O–H groups in total. The Morgan fingerprint density at radius 2 is 1.68 bits per heavy atom. The highest BCUT2D eigenvalue weighted by atomic mass is 32.2. The van der Waals surface area contributed by atoms with Crippen LogP contribution in [0.15, 0.2) is 33.7 Å². The average Bonchev–Trinajstić information content (AvgIpc) is 2.81. The molecule has 1 atom stereocenters. The van der Waals surface area contributed by atoms with Gasteiger partial charge in [0.1, 0.15) is 11.6 Å². The van der Waals surface area contributed by atoms with Gasteiger partial charge in [-0.3, -0.25) is 0 Å². The van der Waals surface area contributed by atoms with Crippen LogP contribution in [0.5, 0.6) is 0 Å². The Morgan fingerprint density at radius 1 is 1.08 bits per heavy atom. The Kier molecular flexibility index (Phi) is 3.99. The quantitative estimate of drug-likeness (QED) is 0.845. The highest BCUT2D eigenvalue weighted by molar-refractivity contribution is 8.06. The third-order valence-electron chi connectivity index (χ3n) is 3.68. The first-order valence-electron chi connectivity index (χ1n) is 7.11. The molecule has 0 aliphatic carbocycles. The summed E-state index contributed by atoms with van der Waals surface area (Å²) in [4.78, 5) is 3.88. The van der Waals surface area contributed by atoms with Gasteiger partial charge in [-0.15, -0.1) is 0 Å². The van der Waals surface area contributed by atoms with Gasteiger partial charge >= 0.3 is 0 Å². The van der Waals surface area contributed by atoms with E-state index >= 15 is 0 Å². The van der Waals surface area contributed by atoms with Crippen LogP contribution < -0.4 is 5.32 Å². The third kappa shape index (κ3) is 3.19. The summed E-state index contributed by atoms with van der Waals surface area (Å²) in [6.07, 6.45) is 1.88. The zero-order valence-electron chi connectivity index (χ0n) is 13.6. The monoisotopic (exact) mass is 386 g/mol. The van der Waals surface area contributed by atoms with E-state index in [2.05, 4.69) is 10.3 Å². The van der Waals surface area contributed by atoms with Gasteiger partial charge in [0.25, 0.3) is 0 Å². The van der Waals surface area contributed by atoms with Crippen molar-refractivity contribution in [2.45, 2.75) is 12.4 Å². The number of fused-ring (bicyclic) bond motifs is 1. The van der Waals surface area contributed by atoms with E-state index in [9.17, 15) is 21.2 Å². The van der Waals surface area contributed by atoms with E-state index in [1.54, 1.807) is 6.92 Å².